The second-order valence-corrected chi connectivity index (χ2v) is 6.08. The molecule has 0 aliphatic heterocycles. The van der Waals surface area contributed by atoms with Gasteiger partial charge in [0, 0.05) is 24.7 Å². The fourth-order valence-electron chi connectivity index (χ4n) is 2.99. The smallest absolute Gasteiger partial charge is 0.134 e. The van der Waals surface area contributed by atoms with Crippen LogP contribution >= 0.6 is 0 Å². The fraction of sp³-hybridized carbons (Fsp3) is 0.750. The van der Waals surface area contributed by atoms with E-state index in [4.69, 9.17) is 9.97 Å². The van der Waals surface area contributed by atoms with E-state index in [9.17, 15) is 0 Å². The molecule has 0 spiro atoms. The lowest BCUT2D eigenvalue weighted by molar-refractivity contribution is 0.307. The Balaban J connectivity index is 2.25. The molecule has 1 aliphatic rings. The Kier molecular flexibility index (Phi) is 4.78. The Hall–Kier alpha value is -1.12. The predicted molar refractivity (Wildman–Crippen MR) is 80.7 cm³/mol. The van der Waals surface area contributed by atoms with Gasteiger partial charge in [-0.05, 0) is 24.7 Å². The molecular formula is C16H27N3. The summed E-state index contributed by atoms with van der Waals surface area (Å²) in [5.74, 6) is 3.91. The number of hydrogen-bond acceptors (Lipinski definition) is 3. The molecule has 1 aliphatic carbocycles. The summed E-state index contributed by atoms with van der Waals surface area (Å²) in [4.78, 5) is 9.53. The van der Waals surface area contributed by atoms with Gasteiger partial charge in [-0.25, -0.2) is 9.97 Å². The number of anilines is 1. The van der Waals surface area contributed by atoms with Crippen LogP contribution in [0.1, 0.15) is 76.2 Å². The minimum atomic E-state index is 0.458. The summed E-state index contributed by atoms with van der Waals surface area (Å²) in [6.45, 7) is 6.69. The fourth-order valence-corrected chi connectivity index (χ4v) is 2.99. The van der Waals surface area contributed by atoms with Gasteiger partial charge in [-0.15, -0.1) is 0 Å². The minimum Gasteiger partial charge on any atom is -0.373 e. The van der Waals surface area contributed by atoms with Crippen molar-refractivity contribution in [2.24, 2.45) is 5.92 Å². The predicted octanol–water partition coefficient (Wildman–Crippen LogP) is 4.33. The summed E-state index contributed by atoms with van der Waals surface area (Å²) in [7, 11) is 1.94. The number of nitrogens with one attached hydrogen (secondary N) is 1. The maximum absolute atomic E-state index is 4.82. The number of aromatic nitrogens is 2. The zero-order chi connectivity index (χ0) is 13.8. The molecule has 0 saturated heterocycles. The molecule has 1 fully saturated rings. The third-order valence-corrected chi connectivity index (χ3v) is 4.34. The van der Waals surface area contributed by atoms with Crippen LogP contribution in [0.2, 0.25) is 0 Å². The van der Waals surface area contributed by atoms with Crippen molar-refractivity contribution < 1.29 is 0 Å². The van der Waals surface area contributed by atoms with Crippen molar-refractivity contribution in [2.75, 3.05) is 12.4 Å². The summed E-state index contributed by atoms with van der Waals surface area (Å²) in [6, 6.07) is 2.08. The van der Waals surface area contributed by atoms with Crippen LogP contribution < -0.4 is 5.32 Å². The molecular weight excluding hydrogens is 234 g/mol. The van der Waals surface area contributed by atoms with Crippen molar-refractivity contribution in [3.05, 3.63) is 17.6 Å². The maximum Gasteiger partial charge on any atom is 0.134 e. The van der Waals surface area contributed by atoms with E-state index < -0.39 is 0 Å². The first-order chi connectivity index (χ1) is 9.13. The van der Waals surface area contributed by atoms with Gasteiger partial charge >= 0.3 is 0 Å². The molecule has 1 aromatic rings. The number of hydrogen-bond donors (Lipinski definition) is 1. The summed E-state index contributed by atoms with van der Waals surface area (Å²) in [5, 5.41) is 3.18. The average molecular weight is 261 g/mol. The Bertz CT molecular complexity index is 414. The Morgan fingerprint density at radius 3 is 2.74 bits per heavy atom. The van der Waals surface area contributed by atoms with E-state index in [2.05, 4.69) is 32.2 Å². The Morgan fingerprint density at radius 2 is 2.11 bits per heavy atom. The largest absolute Gasteiger partial charge is 0.373 e. The molecule has 19 heavy (non-hydrogen) atoms. The molecule has 3 nitrogen and oxygen atoms in total. The molecule has 106 valence electrons. The number of rotatable bonds is 4. The van der Waals surface area contributed by atoms with Gasteiger partial charge in [0.1, 0.15) is 11.6 Å². The van der Waals surface area contributed by atoms with E-state index in [0.717, 1.165) is 23.3 Å². The monoisotopic (exact) mass is 261 g/mol. The van der Waals surface area contributed by atoms with E-state index >= 15 is 0 Å². The molecule has 1 aromatic heterocycles. The van der Waals surface area contributed by atoms with Gasteiger partial charge in [-0.2, -0.15) is 0 Å². The van der Waals surface area contributed by atoms with Crippen molar-refractivity contribution in [1.82, 2.24) is 9.97 Å². The first kappa shape index (κ1) is 14.3. The van der Waals surface area contributed by atoms with Crippen molar-refractivity contribution in [3.63, 3.8) is 0 Å². The molecule has 2 rings (SSSR count). The van der Waals surface area contributed by atoms with Crippen LogP contribution in [0.15, 0.2) is 6.07 Å². The van der Waals surface area contributed by atoms with Crippen LogP contribution in [0.3, 0.4) is 0 Å². The average Bonchev–Trinajstić information content (AvgIpc) is 2.46. The van der Waals surface area contributed by atoms with Crippen molar-refractivity contribution in [2.45, 2.75) is 64.7 Å². The third-order valence-electron chi connectivity index (χ3n) is 4.34. The molecule has 3 heteroatoms. The molecule has 1 heterocycles. The molecule has 2 unspecified atom stereocenters. The van der Waals surface area contributed by atoms with Gasteiger partial charge in [0.25, 0.3) is 0 Å². The highest BCUT2D eigenvalue weighted by Gasteiger charge is 2.25. The highest BCUT2D eigenvalue weighted by atomic mass is 15.0. The van der Waals surface area contributed by atoms with Gasteiger partial charge in [-0.1, -0.05) is 40.0 Å². The lowest BCUT2D eigenvalue weighted by Crippen LogP contribution is -2.17. The molecule has 0 aromatic carbocycles. The lowest BCUT2D eigenvalue weighted by atomic mass is 9.80. The van der Waals surface area contributed by atoms with Crippen LogP contribution in [0, 0.1) is 5.92 Å². The molecule has 1 N–H and O–H groups in total. The SMILES string of the molecule is CCC1CCCC(c2nc(NC)cc(C(C)C)n2)C1. The molecule has 2 atom stereocenters. The molecule has 0 bridgehead atoms. The second-order valence-electron chi connectivity index (χ2n) is 6.08. The third kappa shape index (κ3) is 3.46. The Morgan fingerprint density at radius 1 is 1.32 bits per heavy atom. The molecule has 1 saturated carbocycles. The van der Waals surface area contributed by atoms with Gasteiger partial charge < -0.3 is 5.32 Å². The highest BCUT2D eigenvalue weighted by Crippen LogP contribution is 2.36. The van der Waals surface area contributed by atoms with Gasteiger partial charge in [0.15, 0.2) is 0 Å². The summed E-state index contributed by atoms with van der Waals surface area (Å²) < 4.78 is 0. The van der Waals surface area contributed by atoms with Crippen LogP contribution in [-0.4, -0.2) is 17.0 Å². The number of nitrogens with zero attached hydrogens (tertiary/aromatic N) is 2. The zero-order valence-electron chi connectivity index (χ0n) is 12.7. The Labute approximate surface area is 117 Å². The molecule has 0 radical (unpaired) electrons. The van der Waals surface area contributed by atoms with Gasteiger partial charge in [-0.3, -0.25) is 0 Å². The summed E-state index contributed by atoms with van der Waals surface area (Å²) in [5.41, 5.74) is 1.16. The van der Waals surface area contributed by atoms with E-state index in [1.807, 2.05) is 7.05 Å². The topological polar surface area (TPSA) is 37.8 Å². The van der Waals surface area contributed by atoms with E-state index in [0.29, 0.717) is 11.8 Å². The van der Waals surface area contributed by atoms with Crippen LogP contribution in [0.5, 0.6) is 0 Å². The van der Waals surface area contributed by atoms with Crippen LogP contribution in [0.25, 0.3) is 0 Å². The standard InChI is InChI=1S/C16H27N3/c1-5-12-7-6-8-13(9-12)16-18-14(11(2)3)10-15(17-4)19-16/h10-13H,5-9H2,1-4H3,(H,17,18,19). The normalized spacial score (nSPS) is 23.6. The van der Waals surface area contributed by atoms with E-state index in [-0.39, 0.29) is 0 Å². The quantitative estimate of drug-likeness (QED) is 0.876. The second kappa shape index (κ2) is 6.36. The summed E-state index contributed by atoms with van der Waals surface area (Å²) in [6.07, 6.45) is 6.52. The highest BCUT2D eigenvalue weighted by molar-refractivity contribution is 5.36. The molecule has 0 amide bonds. The summed E-state index contributed by atoms with van der Waals surface area (Å²) >= 11 is 0. The van der Waals surface area contributed by atoms with Crippen LogP contribution in [-0.2, 0) is 0 Å². The van der Waals surface area contributed by atoms with E-state index in [1.165, 1.54) is 32.1 Å². The van der Waals surface area contributed by atoms with Gasteiger partial charge in [0.2, 0.25) is 0 Å². The maximum atomic E-state index is 4.82. The minimum absolute atomic E-state index is 0.458. The van der Waals surface area contributed by atoms with Crippen molar-refractivity contribution in [3.8, 4) is 0 Å². The first-order valence-corrected chi connectivity index (χ1v) is 7.70. The van der Waals surface area contributed by atoms with Crippen molar-refractivity contribution in [1.29, 1.82) is 0 Å². The lowest BCUT2D eigenvalue weighted by Gasteiger charge is -2.28. The van der Waals surface area contributed by atoms with Crippen LogP contribution in [0.4, 0.5) is 5.82 Å². The van der Waals surface area contributed by atoms with Gasteiger partial charge in [0.05, 0.1) is 0 Å². The van der Waals surface area contributed by atoms with E-state index in [1.54, 1.807) is 0 Å². The zero-order valence-corrected chi connectivity index (χ0v) is 12.7. The van der Waals surface area contributed by atoms with Crippen molar-refractivity contribution >= 4 is 5.82 Å². The first-order valence-electron chi connectivity index (χ1n) is 7.70.